The van der Waals surface area contributed by atoms with Crippen LogP contribution in [0, 0.1) is 0 Å². The predicted octanol–water partition coefficient (Wildman–Crippen LogP) is 1.55. The second-order valence-corrected chi connectivity index (χ2v) is 4.16. The Morgan fingerprint density at radius 3 is 3.08 bits per heavy atom. The van der Waals surface area contributed by atoms with Crippen molar-refractivity contribution in [1.29, 1.82) is 0 Å². The molecular weight excluding hydrogens is 162 g/mol. The van der Waals surface area contributed by atoms with E-state index >= 15 is 0 Å². The smallest absolute Gasteiger partial charge is 0.0753 e. The van der Waals surface area contributed by atoms with Crippen LogP contribution in [0.1, 0.15) is 32.6 Å². The third-order valence-electron chi connectivity index (χ3n) is 3.37. The van der Waals surface area contributed by atoms with Gasteiger partial charge in [0.05, 0.1) is 6.10 Å². The molecule has 0 aromatic heterocycles. The minimum Gasteiger partial charge on any atom is -0.389 e. The van der Waals surface area contributed by atoms with Crippen molar-refractivity contribution in [3.8, 4) is 0 Å². The molecule has 0 radical (unpaired) electrons. The second kappa shape index (κ2) is 3.81. The van der Waals surface area contributed by atoms with Crippen molar-refractivity contribution < 1.29 is 5.11 Å². The molecule has 1 atom stereocenters. The predicted molar refractivity (Wildman–Crippen MR) is 53.6 cm³/mol. The fourth-order valence-corrected chi connectivity index (χ4v) is 2.50. The Morgan fingerprint density at radius 2 is 2.31 bits per heavy atom. The molecular formula is C11H19NO. The van der Waals surface area contributed by atoms with Crippen molar-refractivity contribution in [2.45, 2.75) is 38.7 Å². The second-order valence-electron chi connectivity index (χ2n) is 4.16. The molecule has 13 heavy (non-hydrogen) atoms. The van der Waals surface area contributed by atoms with Crippen molar-refractivity contribution >= 4 is 0 Å². The van der Waals surface area contributed by atoms with E-state index in [9.17, 15) is 5.11 Å². The third-order valence-corrected chi connectivity index (χ3v) is 3.37. The zero-order chi connectivity index (χ0) is 9.26. The lowest BCUT2D eigenvalue weighted by Gasteiger charge is -2.34. The molecule has 2 aliphatic rings. The molecule has 2 nitrogen and oxygen atoms in total. The van der Waals surface area contributed by atoms with Gasteiger partial charge in [-0.3, -0.25) is 4.90 Å². The molecule has 0 unspecified atom stereocenters. The summed E-state index contributed by atoms with van der Waals surface area (Å²) >= 11 is 0. The van der Waals surface area contributed by atoms with Crippen LogP contribution in [0.5, 0.6) is 0 Å². The van der Waals surface area contributed by atoms with E-state index in [0.29, 0.717) is 0 Å². The normalized spacial score (nSPS) is 30.5. The van der Waals surface area contributed by atoms with Gasteiger partial charge in [-0.1, -0.05) is 12.5 Å². The maximum Gasteiger partial charge on any atom is 0.0753 e. The fourth-order valence-electron chi connectivity index (χ4n) is 2.50. The molecule has 0 amide bonds. The number of likely N-dealkylation sites (N-methyl/N-ethyl adjacent to an activating group) is 1. The molecule has 0 saturated carbocycles. The Hall–Kier alpha value is -0.340. The van der Waals surface area contributed by atoms with Crippen LogP contribution < -0.4 is 0 Å². The highest BCUT2D eigenvalue weighted by Gasteiger charge is 2.25. The van der Waals surface area contributed by atoms with Crippen molar-refractivity contribution in [3.63, 3.8) is 0 Å². The van der Waals surface area contributed by atoms with Crippen LogP contribution in [0.2, 0.25) is 0 Å². The molecule has 2 heteroatoms. The Kier molecular flexibility index (Phi) is 2.70. The van der Waals surface area contributed by atoms with Gasteiger partial charge in [0.1, 0.15) is 0 Å². The summed E-state index contributed by atoms with van der Waals surface area (Å²) < 4.78 is 0. The molecule has 0 aromatic rings. The first kappa shape index (κ1) is 9.22. The zero-order valence-corrected chi connectivity index (χ0v) is 8.42. The molecule has 0 fully saturated rings. The Balaban J connectivity index is 2.12. The first-order chi connectivity index (χ1) is 6.31. The molecule has 1 heterocycles. The van der Waals surface area contributed by atoms with E-state index in [4.69, 9.17) is 0 Å². The lowest BCUT2D eigenvalue weighted by Crippen LogP contribution is -2.35. The van der Waals surface area contributed by atoms with E-state index in [1.807, 2.05) is 0 Å². The Morgan fingerprint density at radius 1 is 1.46 bits per heavy atom. The summed E-state index contributed by atoms with van der Waals surface area (Å²) in [4.78, 5) is 2.47. The average molecular weight is 181 g/mol. The van der Waals surface area contributed by atoms with Crippen LogP contribution in [0.4, 0.5) is 0 Å². The maximum atomic E-state index is 9.79. The molecule has 1 aliphatic carbocycles. The largest absolute Gasteiger partial charge is 0.389 e. The minimum absolute atomic E-state index is 0.109. The van der Waals surface area contributed by atoms with Crippen molar-refractivity contribution in [3.05, 3.63) is 11.1 Å². The van der Waals surface area contributed by atoms with Crippen LogP contribution >= 0.6 is 0 Å². The van der Waals surface area contributed by atoms with Crippen molar-refractivity contribution in [2.24, 2.45) is 0 Å². The van der Waals surface area contributed by atoms with Gasteiger partial charge < -0.3 is 5.11 Å². The molecule has 0 spiro atoms. The Labute approximate surface area is 80.2 Å². The van der Waals surface area contributed by atoms with Gasteiger partial charge in [0.2, 0.25) is 0 Å². The summed E-state index contributed by atoms with van der Waals surface area (Å²) in [5.74, 6) is 0. The lowest BCUT2D eigenvalue weighted by atomic mass is 9.85. The summed E-state index contributed by atoms with van der Waals surface area (Å²) in [6, 6.07) is 0. The Bertz CT molecular complexity index is 222. The molecule has 0 saturated heterocycles. The number of aliphatic hydroxyl groups is 1. The van der Waals surface area contributed by atoms with Crippen LogP contribution in [0.25, 0.3) is 0 Å². The van der Waals surface area contributed by atoms with Gasteiger partial charge in [-0.2, -0.15) is 0 Å². The van der Waals surface area contributed by atoms with Gasteiger partial charge in [-0.05, 0) is 37.8 Å². The number of rotatable bonds is 1. The van der Waals surface area contributed by atoms with Crippen LogP contribution in [-0.2, 0) is 0 Å². The standard InChI is InChI=1S/C11H19NO/c1-2-12-7-6-10-9(8-12)4-3-5-11(10)13/h11,13H,2-8H2,1H3/t11-/m1/s1. The first-order valence-electron chi connectivity index (χ1n) is 5.42. The van der Waals surface area contributed by atoms with Crippen LogP contribution in [0.3, 0.4) is 0 Å². The van der Waals surface area contributed by atoms with Crippen LogP contribution in [-0.4, -0.2) is 35.7 Å². The monoisotopic (exact) mass is 181 g/mol. The number of hydrogen-bond donors (Lipinski definition) is 1. The van der Waals surface area contributed by atoms with E-state index in [0.717, 1.165) is 32.5 Å². The number of nitrogens with zero attached hydrogens (tertiary/aromatic N) is 1. The van der Waals surface area contributed by atoms with Crippen molar-refractivity contribution in [1.82, 2.24) is 4.90 Å². The summed E-state index contributed by atoms with van der Waals surface area (Å²) in [6.45, 7) is 5.62. The highest BCUT2D eigenvalue weighted by Crippen LogP contribution is 2.31. The summed E-state index contributed by atoms with van der Waals surface area (Å²) in [5.41, 5.74) is 2.91. The molecule has 0 aromatic carbocycles. The van der Waals surface area contributed by atoms with E-state index in [1.165, 1.54) is 24.0 Å². The van der Waals surface area contributed by atoms with Gasteiger partial charge >= 0.3 is 0 Å². The van der Waals surface area contributed by atoms with E-state index in [-0.39, 0.29) is 6.10 Å². The van der Waals surface area contributed by atoms with Gasteiger partial charge in [0.15, 0.2) is 0 Å². The van der Waals surface area contributed by atoms with Crippen LogP contribution in [0.15, 0.2) is 11.1 Å². The molecule has 74 valence electrons. The van der Waals surface area contributed by atoms with Gasteiger partial charge in [-0.25, -0.2) is 0 Å². The molecule has 0 bridgehead atoms. The summed E-state index contributed by atoms with van der Waals surface area (Å²) in [5, 5.41) is 9.79. The topological polar surface area (TPSA) is 23.5 Å². The highest BCUT2D eigenvalue weighted by molar-refractivity contribution is 5.25. The fraction of sp³-hybridized carbons (Fsp3) is 0.818. The first-order valence-corrected chi connectivity index (χ1v) is 5.42. The van der Waals surface area contributed by atoms with Crippen molar-refractivity contribution in [2.75, 3.05) is 19.6 Å². The molecule has 1 aliphatic heterocycles. The minimum atomic E-state index is -0.109. The molecule has 1 N–H and O–H groups in total. The maximum absolute atomic E-state index is 9.79. The number of hydrogen-bond acceptors (Lipinski definition) is 2. The SMILES string of the molecule is CCN1CCC2=C(CCC[C@H]2O)C1. The van der Waals surface area contributed by atoms with Gasteiger partial charge in [0, 0.05) is 13.1 Å². The quantitative estimate of drug-likeness (QED) is 0.620. The van der Waals surface area contributed by atoms with Gasteiger partial charge in [-0.15, -0.1) is 0 Å². The third kappa shape index (κ3) is 1.79. The highest BCUT2D eigenvalue weighted by atomic mass is 16.3. The average Bonchev–Trinajstić information content (AvgIpc) is 2.18. The van der Waals surface area contributed by atoms with E-state index in [2.05, 4.69) is 11.8 Å². The van der Waals surface area contributed by atoms with E-state index in [1.54, 1.807) is 0 Å². The number of aliphatic hydroxyl groups excluding tert-OH is 1. The lowest BCUT2D eigenvalue weighted by molar-refractivity contribution is 0.167. The zero-order valence-electron chi connectivity index (χ0n) is 8.42. The van der Waals surface area contributed by atoms with Gasteiger partial charge in [0.25, 0.3) is 0 Å². The molecule has 2 rings (SSSR count). The summed E-state index contributed by atoms with van der Waals surface area (Å²) in [6.07, 6.45) is 4.39. The van der Waals surface area contributed by atoms with E-state index < -0.39 is 0 Å². The summed E-state index contributed by atoms with van der Waals surface area (Å²) in [7, 11) is 0.